The Hall–Kier alpha value is -2.86. The minimum absolute atomic E-state index is 0.00580. The Balaban J connectivity index is 1.51. The summed E-state index contributed by atoms with van der Waals surface area (Å²) in [6.07, 6.45) is 4.85. The molecule has 192 valence electrons. The number of nitrogens with zero attached hydrogens (tertiary/aromatic N) is 3. The Bertz CT molecular complexity index is 1410. The second-order valence-corrected chi connectivity index (χ2v) is 12.7. The molecular formula is C24H27ClN4O5S2. The van der Waals surface area contributed by atoms with Crippen LogP contribution in [-0.4, -0.2) is 59.4 Å². The van der Waals surface area contributed by atoms with Gasteiger partial charge in [0.15, 0.2) is 0 Å². The van der Waals surface area contributed by atoms with E-state index >= 15 is 0 Å². The summed E-state index contributed by atoms with van der Waals surface area (Å²) in [5.74, 6) is 0.714. The zero-order valence-electron chi connectivity index (χ0n) is 19.8. The van der Waals surface area contributed by atoms with Crippen molar-refractivity contribution in [3.8, 4) is 5.75 Å². The third kappa shape index (κ3) is 5.75. The first-order valence-corrected chi connectivity index (χ1v) is 14.5. The van der Waals surface area contributed by atoms with Gasteiger partial charge in [-0.2, -0.15) is 0 Å². The van der Waals surface area contributed by atoms with E-state index in [2.05, 4.69) is 9.71 Å². The van der Waals surface area contributed by atoms with Crippen molar-refractivity contribution in [2.45, 2.75) is 28.7 Å². The molecule has 1 aromatic heterocycles. The Kier molecular flexibility index (Phi) is 7.74. The molecule has 1 aliphatic rings. The molecule has 0 amide bonds. The maximum Gasteiger partial charge on any atom is 0.261 e. The first kappa shape index (κ1) is 26.2. The maximum atomic E-state index is 13.1. The summed E-state index contributed by atoms with van der Waals surface area (Å²) in [5, 5.41) is 0.425. The van der Waals surface area contributed by atoms with Crippen molar-refractivity contribution in [2.24, 2.45) is 0 Å². The number of anilines is 2. The highest BCUT2D eigenvalue weighted by molar-refractivity contribution is 7.92. The van der Waals surface area contributed by atoms with Crippen LogP contribution in [0.3, 0.4) is 0 Å². The molecule has 0 aliphatic carbocycles. The maximum absolute atomic E-state index is 13.1. The fraction of sp³-hybridized carbons (Fsp3) is 0.292. The highest BCUT2D eigenvalue weighted by Crippen LogP contribution is 2.37. The topological polar surface area (TPSA) is 109 Å². The molecular weight excluding hydrogens is 524 g/mol. The smallest absolute Gasteiger partial charge is 0.261 e. The number of sulfonamides is 2. The molecule has 9 nitrogen and oxygen atoms in total. The molecule has 0 atom stereocenters. The molecule has 2 aromatic carbocycles. The van der Waals surface area contributed by atoms with Crippen LogP contribution in [0, 0.1) is 0 Å². The number of para-hydroxylation sites is 1. The first-order valence-electron chi connectivity index (χ1n) is 11.2. The number of aromatic nitrogens is 1. The van der Waals surface area contributed by atoms with Crippen molar-refractivity contribution < 1.29 is 21.6 Å². The largest absolute Gasteiger partial charge is 0.489 e. The lowest BCUT2D eigenvalue weighted by atomic mass is 10.1. The van der Waals surface area contributed by atoms with Crippen LogP contribution in [0.4, 0.5) is 11.4 Å². The standard InChI is InChI=1S/C24H27ClN4O5S2/c1-28(2)36(32,33)21-10-8-20(9-11-21)35(30,31)27-23-7-3-6-22(25)24(23)29-15-12-18(13-16-29)34-19-5-4-14-26-17-19/h3-11,14,17-18,27H,12-13,15-16H2,1-2H3. The van der Waals surface area contributed by atoms with Crippen LogP contribution in [0.2, 0.25) is 5.02 Å². The number of nitrogens with one attached hydrogen (secondary N) is 1. The third-order valence-corrected chi connectivity index (χ3v) is 9.35. The van der Waals surface area contributed by atoms with Gasteiger partial charge < -0.3 is 9.64 Å². The van der Waals surface area contributed by atoms with E-state index in [-0.39, 0.29) is 15.9 Å². The van der Waals surface area contributed by atoms with Crippen molar-refractivity contribution in [3.05, 3.63) is 72.0 Å². The Morgan fingerprint density at radius 3 is 2.25 bits per heavy atom. The Morgan fingerprint density at radius 2 is 1.64 bits per heavy atom. The minimum atomic E-state index is -4.00. The molecule has 0 radical (unpaired) electrons. The molecule has 4 rings (SSSR count). The molecule has 12 heteroatoms. The fourth-order valence-corrected chi connectivity index (χ4v) is 6.19. The second kappa shape index (κ2) is 10.6. The number of hydrogen-bond donors (Lipinski definition) is 1. The van der Waals surface area contributed by atoms with Gasteiger partial charge in [0.2, 0.25) is 10.0 Å². The van der Waals surface area contributed by atoms with Crippen LogP contribution < -0.4 is 14.4 Å². The highest BCUT2D eigenvalue weighted by Gasteiger charge is 2.26. The van der Waals surface area contributed by atoms with Crippen LogP contribution in [-0.2, 0) is 20.0 Å². The number of benzene rings is 2. The van der Waals surface area contributed by atoms with Gasteiger partial charge in [0.05, 0.1) is 32.4 Å². The fourth-order valence-electron chi connectivity index (χ4n) is 3.93. The van der Waals surface area contributed by atoms with E-state index in [1.807, 2.05) is 17.0 Å². The monoisotopic (exact) mass is 550 g/mol. The summed E-state index contributed by atoms with van der Waals surface area (Å²) in [7, 11) is -4.84. The Labute approximate surface area is 216 Å². The van der Waals surface area contributed by atoms with Crippen LogP contribution in [0.5, 0.6) is 5.75 Å². The molecule has 1 N–H and O–H groups in total. The first-order chi connectivity index (χ1) is 17.1. The molecule has 1 fully saturated rings. The van der Waals surface area contributed by atoms with E-state index in [0.717, 1.165) is 17.1 Å². The van der Waals surface area contributed by atoms with E-state index in [9.17, 15) is 16.8 Å². The summed E-state index contributed by atoms with van der Waals surface area (Å²) < 4.78 is 60.6. The molecule has 0 spiro atoms. The number of ether oxygens (including phenoxy) is 1. The highest BCUT2D eigenvalue weighted by atomic mass is 35.5. The van der Waals surface area contributed by atoms with Crippen molar-refractivity contribution in [1.82, 2.24) is 9.29 Å². The van der Waals surface area contributed by atoms with Crippen molar-refractivity contribution in [3.63, 3.8) is 0 Å². The number of hydrogen-bond acceptors (Lipinski definition) is 7. The minimum Gasteiger partial charge on any atom is -0.489 e. The van der Waals surface area contributed by atoms with Crippen LogP contribution in [0.15, 0.2) is 76.8 Å². The van der Waals surface area contributed by atoms with Gasteiger partial charge in [-0.1, -0.05) is 17.7 Å². The SMILES string of the molecule is CN(C)S(=O)(=O)c1ccc(S(=O)(=O)Nc2cccc(Cl)c2N2CCC(Oc3cccnc3)CC2)cc1. The van der Waals surface area contributed by atoms with Crippen molar-refractivity contribution in [2.75, 3.05) is 36.8 Å². The molecule has 0 unspecified atom stereocenters. The second-order valence-electron chi connectivity index (χ2n) is 8.49. The van der Waals surface area contributed by atoms with Gasteiger partial charge in [-0.25, -0.2) is 21.1 Å². The number of pyridine rings is 1. The van der Waals surface area contributed by atoms with E-state index < -0.39 is 20.0 Å². The van der Waals surface area contributed by atoms with Gasteiger partial charge >= 0.3 is 0 Å². The van der Waals surface area contributed by atoms with Gasteiger partial charge in [0.1, 0.15) is 11.9 Å². The normalized spacial score (nSPS) is 15.2. The van der Waals surface area contributed by atoms with E-state index in [0.29, 0.717) is 35.2 Å². The van der Waals surface area contributed by atoms with Gasteiger partial charge in [0, 0.05) is 46.2 Å². The Morgan fingerprint density at radius 1 is 0.972 bits per heavy atom. The van der Waals surface area contributed by atoms with E-state index in [1.54, 1.807) is 30.6 Å². The predicted molar refractivity (Wildman–Crippen MR) is 140 cm³/mol. The van der Waals surface area contributed by atoms with E-state index in [1.165, 1.54) is 38.4 Å². The van der Waals surface area contributed by atoms with E-state index in [4.69, 9.17) is 16.3 Å². The van der Waals surface area contributed by atoms with Gasteiger partial charge in [-0.15, -0.1) is 0 Å². The summed E-state index contributed by atoms with van der Waals surface area (Å²) in [5.41, 5.74) is 0.938. The summed E-state index contributed by atoms with van der Waals surface area (Å²) in [6.45, 7) is 1.25. The molecule has 1 aliphatic heterocycles. The summed E-state index contributed by atoms with van der Waals surface area (Å²) in [6, 6.07) is 13.8. The molecule has 0 saturated carbocycles. The predicted octanol–water partition coefficient (Wildman–Crippen LogP) is 3.83. The summed E-state index contributed by atoms with van der Waals surface area (Å²) in [4.78, 5) is 6.05. The lowest BCUT2D eigenvalue weighted by Crippen LogP contribution is -2.38. The summed E-state index contributed by atoms with van der Waals surface area (Å²) >= 11 is 6.52. The average molecular weight is 551 g/mol. The quantitative estimate of drug-likeness (QED) is 0.454. The zero-order valence-corrected chi connectivity index (χ0v) is 22.2. The molecule has 3 aromatic rings. The van der Waals surface area contributed by atoms with Gasteiger partial charge in [-0.05, 0) is 48.5 Å². The van der Waals surface area contributed by atoms with Crippen molar-refractivity contribution >= 4 is 43.0 Å². The molecule has 2 heterocycles. The van der Waals surface area contributed by atoms with Crippen LogP contribution in [0.1, 0.15) is 12.8 Å². The molecule has 36 heavy (non-hydrogen) atoms. The van der Waals surface area contributed by atoms with Crippen LogP contribution in [0.25, 0.3) is 0 Å². The average Bonchev–Trinajstić information content (AvgIpc) is 2.85. The number of piperidine rings is 1. The molecule has 1 saturated heterocycles. The number of halogens is 1. The molecule has 0 bridgehead atoms. The van der Waals surface area contributed by atoms with Gasteiger partial charge in [0.25, 0.3) is 10.0 Å². The third-order valence-electron chi connectivity index (χ3n) is 5.84. The zero-order chi connectivity index (χ0) is 25.9. The van der Waals surface area contributed by atoms with Crippen molar-refractivity contribution in [1.29, 1.82) is 0 Å². The lowest BCUT2D eigenvalue weighted by Gasteiger charge is -2.35. The van der Waals surface area contributed by atoms with Crippen LogP contribution >= 0.6 is 11.6 Å². The lowest BCUT2D eigenvalue weighted by molar-refractivity contribution is 0.170. The number of rotatable bonds is 8. The van der Waals surface area contributed by atoms with Gasteiger partial charge in [-0.3, -0.25) is 9.71 Å².